The third-order valence-electron chi connectivity index (χ3n) is 4.85. The largest absolute Gasteiger partial charge is 0.456 e. The number of nitro groups is 1. The molecule has 0 unspecified atom stereocenters. The van der Waals surface area contributed by atoms with Crippen LogP contribution in [0.4, 0.5) is 11.4 Å². The summed E-state index contributed by atoms with van der Waals surface area (Å²) in [6.45, 7) is 1.81. The number of carbonyl (C=O) groups excluding carboxylic acids is 2. The van der Waals surface area contributed by atoms with Crippen LogP contribution in [0.1, 0.15) is 11.3 Å². The second kappa shape index (κ2) is 8.78. The van der Waals surface area contributed by atoms with Crippen molar-refractivity contribution in [3.8, 4) is 11.3 Å². The maximum absolute atomic E-state index is 13.1. The molecule has 0 spiro atoms. The lowest BCUT2D eigenvalue weighted by Gasteiger charge is -2.29. The van der Waals surface area contributed by atoms with Gasteiger partial charge in [0, 0.05) is 16.1 Å². The molecule has 2 heterocycles. The molecule has 1 saturated heterocycles. The summed E-state index contributed by atoms with van der Waals surface area (Å²) in [5.41, 5.74) is 0.936. The number of benzene rings is 2. The van der Waals surface area contributed by atoms with E-state index in [1.165, 1.54) is 36.4 Å². The number of nitro benzene ring substituents is 1. The molecule has 0 aliphatic carbocycles. The fraction of sp³-hybridized carbons (Fsp3) is 0.0455. The van der Waals surface area contributed by atoms with Crippen LogP contribution in [0.15, 0.2) is 58.5 Å². The zero-order valence-electron chi connectivity index (χ0n) is 16.8. The number of carbonyl (C=O) groups is 2. The predicted octanol–water partition coefficient (Wildman–Crippen LogP) is 5.30. The topological polar surface area (TPSA) is 106 Å². The van der Waals surface area contributed by atoms with Crippen molar-refractivity contribution in [1.82, 2.24) is 5.32 Å². The lowest BCUT2D eigenvalue weighted by molar-refractivity contribution is -0.384. The van der Waals surface area contributed by atoms with E-state index in [1.807, 2.05) is 6.92 Å². The number of anilines is 1. The highest BCUT2D eigenvalue weighted by Crippen LogP contribution is 2.34. The lowest BCUT2D eigenvalue weighted by atomic mass is 10.1. The molecule has 0 bridgehead atoms. The molecule has 2 aromatic carbocycles. The number of hydrogen-bond acceptors (Lipinski definition) is 6. The van der Waals surface area contributed by atoms with Crippen LogP contribution in [-0.4, -0.2) is 21.9 Å². The molecule has 1 aliphatic heterocycles. The highest BCUT2D eigenvalue weighted by atomic mass is 35.5. The van der Waals surface area contributed by atoms with Gasteiger partial charge >= 0.3 is 0 Å². The molecule has 2 amide bonds. The van der Waals surface area contributed by atoms with E-state index in [1.54, 1.807) is 18.2 Å². The van der Waals surface area contributed by atoms with Crippen LogP contribution in [0.5, 0.6) is 0 Å². The van der Waals surface area contributed by atoms with E-state index >= 15 is 0 Å². The van der Waals surface area contributed by atoms with Crippen molar-refractivity contribution in [2.24, 2.45) is 0 Å². The van der Waals surface area contributed by atoms with Gasteiger partial charge in [0.2, 0.25) is 0 Å². The normalized spacial score (nSPS) is 15.2. The molecule has 33 heavy (non-hydrogen) atoms. The summed E-state index contributed by atoms with van der Waals surface area (Å²) >= 11 is 17.2. The molecule has 1 fully saturated rings. The monoisotopic (exact) mass is 501 g/mol. The van der Waals surface area contributed by atoms with E-state index in [4.69, 9.17) is 39.8 Å². The van der Waals surface area contributed by atoms with E-state index in [-0.39, 0.29) is 38.5 Å². The molecular formula is C22H13Cl2N3O5S. The number of halogens is 2. The number of nitrogens with one attached hydrogen (secondary N) is 1. The van der Waals surface area contributed by atoms with E-state index in [0.717, 1.165) is 10.5 Å². The zero-order valence-corrected chi connectivity index (χ0v) is 19.1. The number of nitrogens with zero attached hydrogens (tertiary/aromatic N) is 2. The van der Waals surface area contributed by atoms with Crippen LogP contribution in [0.3, 0.4) is 0 Å². The number of rotatable bonds is 4. The van der Waals surface area contributed by atoms with Gasteiger partial charge < -0.3 is 4.42 Å². The third kappa shape index (κ3) is 4.38. The van der Waals surface area contributed by atoms with Gasteiger partial charge in [0.15, 0.2) is 5.11 Å². The maximum Gasteiger partial charge on any atom is 0.281 e. The van der Waals surface area contributed by atoms with Gasteiger partial charge in [-0.15, -0.1) is 0 Å². The Morgan fingerprint density at radius 1 is 1.12 bits per heavy atom. The van der Waals surface area contributed by atoms with Crippen LogP contribution in [-0.2, 0) is 9.59 Å². The summed E-state index contributed by atoms with van der Waals surface area (Å²) in [4.78, 5) is 37.6. The van der Waals surface area contributed by atoms with Crippen LogP contribution < -0.4 is 10.2 Å². The zero-order chi connectivity index (χ0) is 23.9. The van der Waals surface area contributed by atoms with Crippen LogP contribution >= 0.6 is 35.4 Å². The van der Waals surface area contributed by atoms with Crippen molar-refractivity contribution in [3.05, 3.63) is 85.6 Å². The van der Waals surface area contributed by atoms with Gasteiger partial charge in [-0.3, -0.25) is 29.9 Å². The van der Waals surface area contributed by atoms with Crippen LogP contribution in [0, 0.1) is 17.0 Å². The van der Waals surface area contributed by atoms with Crippen molar-refractivity contribution < 1.29 is 18.9 Å². The summed E-state index contributed by atoms with van der Waals surface area (Å²) in [6, 6.07) is 12.1. The van der Waals surface area contributed by atoms with Gasteiger partial charge in [0.05, 0.1) is 16.2 Å². The Morgan fingerprint density at radius 3 is 2.58 bits per heavy atom. The summed E-state index contributed by atoms with van der Waals surface area (Å²) in [5.74, 6) is -1.05. The van der Waals surface area contributed by atoms with E-state index < -0.39 is 16.7 Å². The number of furan rings is 1. The summed E-state index contributed by atoms with van der Waals surface area (Å²) in [7, 11) is 0. The first-order valence-electron chi connectivity index (χ1n) is 9.37. The van der Waals surface area contributed by atoms with Crippen molar-refractivity contribution in [1.29, 1.82) is 0 Å². The predicted molar refractivity (Wildman–Crippen MR) is 128 cm³/mol. The summed E-state index contributed by atoms with van der Waals surface area (Å²) in [5, 5.41) is 14.4. The average molecular weight is 502 g/mol. The minimum atomic E-state index is -0.699. The maximum atomic E-state index is 13.1. The molecule has 8 nitrogen and oxygen atoms in total. The van der Waals surface area contributed by atoms with Crippen molar-refractivity contribution in [2.75, 3.05) is 4.90 Å². The van der Waals surface area contributed by atoms with Gasteiger partial charge in [-0.1, -0.05) is 29.3 Å². The second-order valence-corrected chi connectivity index (χ2v) is 8.24. The van der Waals surface area contributed by atoms with Gasteiger partial charge in [-0.25, -0.2) is 0 Å². The number of hydrogen-bond donors (Lipinski definition) is 1. The Bertz CT molecular complexity index is 1380. The molecule has 0 atom stereocenters. The first-order valence-corrected chi connectivity index (χ1v) is 10.5. The SMILES string of the molecule is Cc1ccc(N2C(=O)/C(=C/c3ccc(-c4ccc(Cl)cc4[N+](=O)[O-])o3)C(=O)NC2=S)cc1Cl. The average Bonchev–Trinajstić information content (AvgIpc) is 3.22. The van der Waals surface area contributed by atoms with E-state index in [9.17, 15) is 19.7 Å². The third-order valence-corrected chi connectivity index (χ3v) is 5.78. The Balaban J connectivity index is 1.71. The van der Waals surface area contributed by atoms with Crippen molar-refractivity contribution >= 4 is 69.8 Å². The smallest absolute Gasteiger partial charge is 0.281 e. The van der Waals surface area contributed by atoms with Crippen LogP contribution in [0.2, 0.25) is 10.0 Å². The Labute approximate surface area is 202 Å². The van der Waals surface area contributed by atoms with E-state index in [0.29, 0.717) is 10.7 Å². The van der Waals surface area contributed by atoms with Gasteiger partial charge in [-0.2, -0.15) is 0 Å². The summed E-state index contributed by atoms with van der Waals surface area (Å²) < 4.78 is 5.67. The summed E-state index contributed by atoms with van der Waals surface area (Å²) in [6.07, 6.45) is 1.24. The fourth-order valence-corrected chi connectivity index (χ4v) is 3.82. The molecule has 166 valence electrons. The molecule has 4 rings (SSSR count). The molecule has 1 aromatic heterocycles. The van der Waals surface area contributed by atoms with Gasteiger partial charge in [-0.05, 0) is 67.2 Å². The van der Waals surface area contributed by atoms with Crippen molar-refractivity contribution in [2.45, 2.75) is 6.92 Å². The Kier molecular flexibility index (Phi) is 6.03. The molecule has 0 saturated carbocycles. The molecule has 0 radical (unpaired) electrons. The molecule has 1 N–H and O–H groups in total. The standard InChI is InChI=1S/C22H13Cl2N3O5S/c1-11-2-4-13(9-17(11)24)26-21(29)16(20(28)25-22(26)33)10-14-5-7-19(32-14)15-6-3-12(23)8-18(15)27(30)31/h2-10H,1H3,(H,25,28,33)/b16-10+. The number of amides is 2. The highest BCUT2D eigenvalue weighted by Gasteiger charge is 2.35. The highest BCUT2D eigenvalue weighted by molar-refractivity contribution is 7.80. The van der Waals surface area contributed by atoms with Crippen LogP contribution in [0.25, 0.3) is 17.4 Å². The molecule has 11 heteroatoms. The molecule has 1 aliphatic rings. The quantitative estimate of drug-likeness (QED) is 0.171. The van der Waals surface area contributed by atoms with E-state index in [2.05, 4.69) is 5.32 Å². The molecule has 3 aromatic rings. The first-order chi connectivity index (χ1) is 15.7. The number of thiocarbonyl (C=S) groups is 1. The minimum absolute atomic E-state index is 0.0843. The molecular weight excluding hydrogens is 489 g/mol. The minimum Gasteiger partial charge on any atom is -0.456 e. The Hall–Kier alpha value is -3.53. The lowest BCUT2D eigenvalue weighted by Crippen LogP contribution is -2.54. The number of aryl methyl sites for hydroxylation is 1. The second-order valence-electron chi connectivity index (χ2n) is 7.01. The van der Waals surface area contributed by atoms with Gasteiger partial charge in [0.25, 0.3) is 17.5 Å². The fourth-order valence-electron chi connectivity index (χ4n) is 3.19. The first kappa shape index (κ1) is 22.7. The van der Waals surface area contributed by atoms with Crippen molar-refractivity contribution in [3.63, 3.8) is 0 Å². The van der Waals surface area contributed by atoms with Gasteiger partial charge in [0.1, 0.15) is 17.1 Å². The Morgan fingerprint density at radius 2 is 1.88 bits per heavy atom.